The highest BCUT2D eigenvalue weighted by Gasteiger charge is 2.67. The number of carbonyl (C=O) groups is 4. The van der Waals surface area contributed by atoms with E-state index in [1.165, 1.54) is 4.90 Å². The second kappa shape index (κ2) is 10.7. The fourth-order valence-electron chi connectivity index (χ4n) is 7.88. The molecule has 4 aliphatic carbocycles. The standard InChI is InChI=1S/C37H28BrClN2O5/c1-17-32(39)28(38)15-26-27(37(45)46-18(2)34(42)20-6-4-3-5-7-20)16-29(40-33(17)26)19-8-10-21(11-9-19)41-35(43)30-22-12-13-23(25-14-24(22)25)31(30)36(41)44/h3-13,15-16,18,22-25,30-31H,14H2,1-2H3. The predicted molar refractivity (Wildman–Crippen MR) is 177 cm³/mol. The summed E-state index contributed by atoms with van der Waals surface area (Å²) in [5.41, 5.74) is 3.54. The van der Waals surface area contributed by atoms with Gasteiger partial charge in [0.1, 0.15) is 0 Å². The second-order valence-corrected chi connectivity index (χ2v) is 14.0. The number of pyridine rings is 1. The number of hydrogen-bond donors (Lipinski definition) is 0. The van der Waals surface area contributed by atoms with Gasteiger partial charge in [-0.3, -0.25) is 19.3 Å². The number of ketones is 1. The number of nitrogens with zero attached hydrogens (tertiary/aromatic N) is 2. The van der Waals surface area contributed by atoms with Crippen LogP contribution in [-0.2, 0) is 14.3 Å². The molecule has 3 fully saturated rings. The van der Waals surface area contributed by atoms with Gasteiger partial charge in [-0.1, -0.05) is 66.2 Å². The van der Waals surface area contributed by atoms with Crippen molar-refractivity contribution in [3.05, 3.63) is 105 Å². The molecule has 1 aromatic heterocycles. The maximum atomic E-state index is 13.7. The summed E-state index contributed by atoms with van der Waals surface area (Å²) in [5.74, 6) is -0.382. The lowest BCUT2D eigenvalue weighted by atomic mass is 9.63. The van der Waals surface area contributed by atoms with Gasteiger partial charge in [0.25, 0.3) is 0 Å². The predicted octanol–water partition coefficient (Wildman–Crippen LogP) is 7.61. The van der Waals surface area contributed by atoms with E-state index in [1.54, 1.807) is 67.6 Å². The Hall–Kier alpha value is -4.14. The molecule has 7 nitrogen and oxygen atoms in total. The topological polar surface area (TPSA) is 93.6 Å². The number of halogens is 2. The monoisotopic (exact) mass is 694 g/mol. The van der Waals surface area contributed by atoms with Crippen LogP contribution in [0.2, 0.25) is 5.02 Å². The first-order valence-electron chi connectivity index (χ1n) is 15.4. The average Bonchev–Trinajstić information content (AvgIpc) is 3.85. The molecule has 7 atom stereocenters. The molecule has 230 valence electrons. The van der Waals surface area contributed by atoms with Crippen LogP contribution >= 0.6 is 27.5 Å². The first-order chi connectivity index (χ1) is 22.1. The van der Waals surface area contributed by atoms with E-state index in [0.717, 1.165) is 6.42 Å². The van der Waals surface area contributed by atoms with Gasteiger partial charge in [-0.05, 0) is 89.7 Å². The quantitative estimate of drug-likeness (QED) is 0.0893. The molecule has 1 saturated heterocycles. The van der Waals surface area contributed by atoms with Crippen LogP contribution in [0.3, 0.4) is 0 Å². The van der Waals surface area contributed by atoms with Gasteiger partial charge in [-0.25, -0.2) is 9.78 Å². The van der Waals surface area contributed by atoms with Crippen molar-refractivity contribution in [1.82, 2.24) is 4.98 Å². The maximum Gasteiger partial charge on any atom is 0.339 e. The molecule has 7 unspecified atom stereocenters. The van der Waals surface area contributed by atoms with Crippen molar-refractivity contribution in [1.29, 1.82) is 0 Å². The number of rotatable bonds is 6. The number of amides is 2. The van der Waals surface area contributed by atoms with Crippen LogP contribution in [0.15, 0.2) is 83.4 Å². The molecule has 9 rings (SSSR count). The lowest BCUT2D eigenvalue weighted by Gasteiger charge is -2.37. The molecule has 0 spiro atoms. The summed E-state index contributed by atoms with van der Waals surface area (Å²) in [6.07, 6.45) is 4.42. The average molecular weight is 696 g/mol. The normalized spacial score (nSPS) is 26.2. The van der Waals surface area contributed by atoms with Crippen molar-refractivity contribution >= 4 is 67.7 Å². The molecule has 2 bridgehead atoms. The lowest BCUT2D eigenvalue weighted by Crippen LogP contribution is -2.40. The minimum absolute atomic E-state index is 0.115. The summed E-state index contributed by atoms with van der Waals surface area (Å²) in [6, 6.07) is 19.1. The Morgan fingerprint density at radius 3 is 2.22 bits per heavy atom. The number of hydrogen-bond acceptors (Lipinski definition) is 6. The first kappa shape index (κ1) is 29.3. The molecule has 2 heterocycles. The number of Topliss-reactive ketones (excluding diaryl/α,β-unsaturated/α-hetero) is 1. The van der Waals surface area contributed by atoms with E-state index in [-0.39, 0.29) is 46.8 Å². The Morgan fingerprint density at radius 1 is 0.957 bits per heavy atom. The van der Waals surface area contributed by atoms with E-state index in [9.17, 15) is 19.2 Å². The highest BCUT2D eigenvalue weighted by Crippen LogP contribution is 2.65. The summed E-state index contributed by atoms with van der Waals surface area (Å²) in [4.78, 5) is 60.1. The highest BCUT2D eigenvalue weighted by molar-refractivity contribution is 9.10. The number of benzene rings is 3. The van der Waals surface area contributed by atoms with Crippen molar-refractivity contribution in [2.45, 2.75) is 26.4 Å². The van der Waals surface area contributed by atoms with Gasteiger partial charge < -0.3 is 4.74 Å². The zero-order valence-corrected chi connectivity index (χ0v) is 27.3. The van der Waals surface area contributed by atoms with Crippen LogP contribution in [0.25, 0.3) is 22.2 Å². The molecule has 2 saturated carbocycles. The number of esters is 1. The first-order valence-corrected chi connectivity index (χ1v) is 16.6. The molecule has 0 N–H and O–H groups in total. The molecular weight excluding hydrogens is 668 g/mol. The van der Waals surface area contributed by atoms with Crippen molar-refractivity contribution in [2.75, 3.05) is 4.90 Å². The van der Waals surface area contributed by atoms with Gasteiger partial charge in [0.15, 0.2) is 6.10 Å². The number of fused-ring (bicyclic) bond motifs is 1. The van der Waals surface area contributed by atoms with Gasteiger partial charge in [-0.2, -0.15) is 0 Å². The van der Waals surface area contributed by atoms with Gasteiger partial charge in [0, 0.05) is 21.0 Å². The third-order valence-electron chi connectivity index (χ3n) is 10.2. The number of anilines is 1. The minimum Gasteiger partial charge on any atom is -0.451 e. The van der Waals surface area contributed by atoms with E-state index in [1.807, 2.05) is 13.0 Å². The maximum absolute atomic E-state index is 13.7. The molecule has 2 amide bonds. The van der Waals surface area contributed by atoms with Gasteiger partial charge >= 0.3 is 5.97 Å². The Kier molecular flexibility index (Phi) is 6.82. The van der Waals surface area contributed by atoms with E-state index >= 15 is 0 Å². The van der Waals surface area contributed by atoms with Crippen LogP contribution < -0.4 is 4.90 Å². The van der Waals surface area contributed by atoms with Crippen LogP contribution in [0.4, 0.5) is 5.69 Å². The van der Waals surface area contributed by atoms with Crippen molar-refractivity contribution in [3.8, 4) is 11.3 Å². The molecule has 4 aromatic rings. The molecular formula is C37H28BrClN2O5. The molecule has 9 heteroatoms. The Balaban J connectivity index is 1.13. The van der Waals surface area contributed by atoms with Crippen LogP contribution in [0, 0.1) is 42.4 Å². The zero-order valence-electron chi connectivity index (χ0n) is 24.9. The van der Waals surface area contributed by atoms with Gasteiger partial charge in [-0.15, -0.1) is 0 Å². The Bertz CT molecular complexity index is 1990. The number of ether oxygens (including phenoxy) is 1. The highest BCUT2D eigenvalue weighted by atomic mass is 79.9. The Labute approximate surface area is 278 Å². The number of imide groups is 1. The summed E-state index contributed by atoms with van der Waals surface area (Å²) in [6.45, 7) is 3.37. The third kappa shape index (κ3) is 4.41. The van der Waals surface area contributed by atoms with Gasteiger partial charge in [0.05, 0.1) is 39.3 Å². The fourth-order valence-corrected chi connectivity index (χ4v) is 8.55. The third-order valence-corrected chi connectivity index (χ3v) is 11.6. The second-order valence-electron chi connectivity index (χ2n) is 12.7. The van der Waals surface area contributed by atoms with E-state index < -0.39 is 12.1 Å². The summed E-state index contributed by atoms with van der Waals surface area (Å²) >= 11 is 10.0. The largest absolute Gasteiger partial charge is 0.451 e. The Morgan fingerprint density at radius 2 is 1.59 bits per heavy atom. The molecule has 0 radical (unpaired) electrons. The number of allylic oxidation sites excluding steroid dienone is 2. The van der Waals surface area contributed by atoms with Crippen molar-refractivity contribution < 1.29 is 23.9 Å². The molecule has 1 aliphatic heterocycles. The molecule has 5 aliphatic rings. The van der Waals surface area contributed by atoms with Crippen molar-refractivity contribution in [2.24, 2.45) is 35.5 Å². The SMILES string of the molecule is Cc1c(Cl)c(Br)cc2c(C(=O)OC(C)C(=O)c3ccccc3)cc(-c3ccc(N4C(=O)C5C6C=CC(C7CC67)C5C4=O)cc3)nc12. The number of aryl methyl sites for hydroxylation is 1. The van der Waals surface area contributed by atoms with Crippen LogP contribution in [0.5, 0.6) is 0 Å². The number of carbonyl (C=O) groups excluding carboxylic acids is 4. The summed E-state index contributed by atoms with van der Waals surface area (Å²) in [5, 5.41) is 0.990. The zero-order chi connectivity index (χ0) is 32.0. The summed E-state index contributed by atoms with van der Waals surface area (Å²) < 4.78 is 6.30. The molecule has 3 aromatic carbocycles. The van der Waals surface area contributed by atoms with E-state index in [2.05, 4.69) is 28.1 Å². The van der Waals surface area contributed by atoms with Crippen LogP contribution in [-0.4, -0.2) is 34.7 Å². The fraction of sp³-hybridized carbons (Fsp3) is 0.270. The lowest BCUT2D eigenvalue weighted by molar-refractivity contribution is -0.124. The van der Waals surface area contributed by atoms with Crippen LogP contribution in [0.1, 0.15) is 39.6 Å². The van der Waals surface area contributed by atoms with Crippen molar-refractivity contribution in [3.63, 3.8) is 0 Å². The smallest absolute Gasteiger partial charge is 0.339 e. The molecule has 46 heavy (non-hydrogen) atoms. The minimum atomic E-state index is -1.02. The summed E-state index contributed by atoms with van der Waals surface area (Å²) in [7, 11) is 0. The van der Waals surface area contributed by atoms with Gasteiger partial charge in [0.2, 0.25) is 17.6 Å². The number of aromatic nitrogens is 1. The van der Waals surface area contributed by atoms with E-state index in [4.69, 9.17) is 21.3 Å². The van der Waals surface area contributed by atoms with E-state index in [0.29, 0.717) is 60.3 Å².